The Labute approximate surface area is 141 Å². The van der Waals surface area contributed by atoms with Gasteiger partial charge in [0.25, 0.3) is 0 Å². The molecule has 0 N–H and O–H groups in total. The third-order valence-electron chi connectivity index (χ3n) is 4.73. The van der Waals surface area contributed by atoms with Crippen molar-refractivity contribution in [3.63, 3.8) is 0 Å². The molecule has 1 aliphatic heterocycles. The Bertz CT molecular complexity index is 854. The molecule has 7 nitrogen and oxygen atoms in total. The first-order valence-corrected chi connectivity index (χ1v) is 9.65. The van der Waals surface area contributed by atoms with Crippen molar-refractivity contribution in [3.05, 3.63) is 35.2 Å². The predicted molar refractivity (Wildman–Crippen MR) is 88.5 cm³/mol. The van der Waals surface area contributed by atoms with Gasteiger partial charge in [0.05, 0.1) is 4.90 Å². The summed E-state index contributed by atoms with van der Waals surface area (Å²) in [7, 11) is -3.44. The Balaban J connectivity index is 1.50. The summed E-state index contributed by atoms with van der Waals surface area (Å²) in [4.78, 5) is 2.33. The molecule has 0 saturated carbocycles. The molecule has 0 bridgehead atoms. The van der Waals surface area contributed by atoms with Crippen LogP contribution in [0.5, 0.6) is 0 Å². The van der Waals surface area contributed by atoms with Gasteiger partial charge in [-0.2, -0.15) is 4.31 Å². The van der Waals surface area contributed by atoms with Crippen LogP contribution in [-0.4, -0.2) is 49.1 Å². The lowest BCUT2D eigenvalue weighted by atomic mass is 10.1. The number of aromatic nitrogens is 2. The summed E-state index contributed by atoms with van der Waals surface area (Å²) in [6.45, 7) is 3.67. The summed E-state index contributed by atoms with van der Waals surface area (Å²) >= 11 is 0. The summed E-state index contributed by atoms with van der Waals surface area (Å²) in [5.41, 5.74) is 2.46. The Morgan fingerprint density at radius 3 is 2.50 bits per heavy atom. The van der Waals surface area contributed by atoms with Gasteiger partial charge < -0.3 is 9.32 Å². The highest BCUT2D eigenvalue weighted by molar-refractivity contribution is 7.89. The van der Waals surface area contributed by atoms with Crippen molar-refractivity contribution in [2.45, 2.75) is 31.1 Å². The normalized spacial score (nSPS) is 18.8. The van der Waals surface area contributed by atoms with Crippen LogP contribution in [-0.2, 0) is 22.9 Å². The van der Waals surface area contributed by atoms with E-state index in [2.05, 4.69) is 10.2 Å². The molecule has 1 aromatic carbocycles. The number of aryl methyl sites for hydroxylation is 3. The van der Waals surface area contributed by atoms with Crippen molar-refractivity contribution in [2.75, 3.05) is 31.1 Å². The van der Waals surface area contributed by atoms with Gasteiger partial charge in [0.15, 0.2) is 0 Å². The predicted octanol–water partition coefficient (Wildman–Crippen LogP) is 1.38. The molecule has 1 aromatic heterocycles. The number of piperazine rings is 1. The minimum Gasteiger partial charge on any atom is -0.408 e. The Morgan fingerprint density at radius 2 is 1.79 bits per heavy atom. The summed E-state index contributed by atoms with van der Waals surface area (Å²) in [6, 6.07) is 6.02. The highest BCUT2D eigenvalue weighted by atomic mass is 32.2. The minimum absolute atomic E-state index is 0.408. The number of anilines is 1. The smallest absolute Gasteiger partial charge is 0.318 e. The maximum Gasteiger partial charge on any atom is 0.318 e. The van der Waals surface area contributed by atoms with Crippen LogP contribution in [0, 0.1) is 6.92 Å². The van der Waals surface area contributed by atoms with Gasteiger partial charge in [-0.15, -0.1) is 5.10 Å². The standard InChI is InChI=1S/C16H20N4O3S/c1-12-17-18-16(23-12)19-7-9-20(10-8-19)24(21,22)15-6-5-13-3-2-4-14(13)11-15/h5-6,11H,2-4,7-10H2,1H3. The monoisotopic (exact) mass is 348 g/mol. The van der Waals surface area contributed by atoms with Crippen molar-refractivity contribution < 1.29 is 12.8 Å². The largest absolute Gasteiger partial charge is 0.408 e. The molecule has 24 heavy (non-hydrogen) atoms. The van der Waals surface area contributed by atoms with Crippen molar-refractivity contribution in [1.82, 2.24) is 14.5 Å². The first-order valence-electron chi connectivity index (χ1n) is 8.21. The van der Waals surface area contributed by atoms with Crippen LogP contribution in [0.1, 0.15) is 23.4 Å². The van der Waals surface area contributed by atoms with Gasteiger partial charge in [-0.3, -0.25) is 0 Å². The summed E-state index contributed by atoms with van der Waals surface area (Å²) in [5.74, 6) is 0.512. The number of benzene rings is 1. The van der Waals surface area contributed by atoms with E-state index in [1.165, 1.54) is 11.1 Å². The number of fused-ring (bicyclic) bond motifs is 1. The number of rotatable bonds is 3. The van der Waals surface area contributed by atoms with Crippen LogP contribution in [0.3, 0.4) is 0 Å². The van der Waals surface area contributed by atoms with Gasteiger partial charge in [0.2, 0.25) is 15.9 Å². The van der Waals surface area contributed by atoms with Crippen molar-refractivity contribution in [2.24, 2.45) is 0 Å². The quantitative estimate of drug-likeness (QED) is 0.834. The molecule has 1 saturated heterocycles. The second kappa shape index (κ2) is 5.86. The van der Waals surface area contributed by atoms with Crippen LogP contribution >= 0.6 is 0 Å². The molecule has 0 spiro atoms. The van der Waals surface area contributed by atoms with Crippen molar-refractivity contribution in [3.8, 4) is 0 Å². The molecule has 4 rings (SSSR count). The van der Waals surface area contributed by atoms with E-state index in [0.29, 0.717) is 43.0 Å². The molecular formula is C16H20N4O3S. The van der Waals surface area contributed by atoms with Gasteiger partial charge in [0.1, 0.15) is 0 Å². The average molecular weight is 348 g/mol. The molecular weight excluding hydrogens is 328 g/mol. The fraction of sp³-hybridized carbons (Fsp3) is 0.500. The zero-order chi connectivity index (χ0) is 16.7. The molecule has 2 aromatic rings. The van der Waals surface area contributed by atoms with Crippen molar-refractivity contribution >= 4 is 16.0 Å². The van der Waals surface area contributed by atoms with E-state index < -0.39 is 10.0 Å². The summed E-state index contributed by atoms with van der Waals surface area (Å²) in [6.07, 6.45) is 3.14. The van der Waals surface area contributed by atoms with E-state index in [9.17, 15) is 8.42 Å². The van der Waals surface area contributed by atoms with Gasteiger partial charge in [-0.1, -0.05) is 11.2 Å². The number of sulfonamides is 1. The molecule has 8 heteroatoms. The van der Waals surface area contributed by atoms with Crippen LogP contribution in [0.15, 0.2) is 27.5 Å². The Hall–Kier alpha value is -1.93. The van der Waals surface area contributed by atoms with Gasteiger partial charge in [0, 0.05) is 33.1 Å². The topological polar surface area (TPSA) is 79.5 Å². The zero-order valence-corrected chi connectivity index (χ0v) is 14.4. The van der Waals surface area contributed by atoms with E-state index in [-0.39, 0.29) is 0 Å². The second-order valence-corrected chi connectivity index (χ2v) is 8.22. The molecule has 1 fully saturated rings. The van der Waals surface area contributed by atoms with E-state index in [4.69, 9.17) is 4.42 Å². The van der Waals surface area contributed by atoms with Gasteiger partial charge >= 0.3 is 6.01 Å². The van der Waals surface area contributed by atoms with E-state index in [0.717, 1.165) is 19.3 Å². The van der Waals surface area contributed by atoms with Crippen LogP contribution < -0.4 is 4.90 Å². The number of hydrogen-bond acceptors (Lipinski definition) is 6. The van der Waals surface area contributed by atoms with Crippen LogP contribution in [0.2, 0.25) is 0 Å². The van der Waals surface area contributed by atoms with E-state index in [1.54, 1.807) is 17.3 Å². The minimum atomic E-state index is -3.44. The maximum atomic E-state index is 12.9. The van der Waals surface area contributed by atoms with Crippen LogP contribution in [0.25, 0.3) is 0 Å². The molecule has 2 aliphatic rings. The molecule has 2 heterocycles. The van der Waals surface area contributed by atoms with E-state index >= 15 is 0 Å². The molecule has 1 aliphatic carbocycles. The van der Waals surface area contributed by atoms with Gasteiger partial charge in [-0.05, 0) is 42.5 Å². The molecule has 128 valence electrons. The highest BCUT2D eigenvalue weighted by Gasteiger charge is 2.30. The van der Waals surface area contributed by atoms with E-state index in [1.807, 2.05) is 17.0 Å². The Morgan fingerprint density at radius 1 is 1.04 bits per heavy atom. The lowest BCUT2D eigenvalue weighted by Crippen LogP contribution is -2.48. The first-order chi connectivity index (χ1) is 11.5. The number of hydrogen-bond donors (Lipinski definition) is 0. The third kappa shape index (κ3) is 2.69. The fourth-order valence-corrected chi connectivity index (χ4v) is 4.86. The van der Waals surface area contributed by atoms with Crippen molar-refractivity contribution in [1.29, 1.82) is 0 Å². The fourth-order valence-electron chi connectivity index (χ4n) is 3.39. The molecule has 0 unspecified atom stereocenters. The lowest BCUT2D eigenvalue weighted by molar-refractivity contribution is 0.370. The molecule has 0 atom stereocenters. The van der Waals surface area contributed by atoms with Crippen LogP contribution in [0.4, 0.5) is 6.01 Å². The SMILES string of the molecule is Cc1nnc(N2CCN(S(=O)(=O)c3ccc4c(c3)CCC4)CC2)o1. The first kappa shape index (κ1) is 15.6. The summed E-state index contributed by atoms with van der Waals surface area (Å²) < 4.78 is 32.7. The summed E-state index contributed by atoms with van der Waals surface area (Å²) in [5, 5.41) is 7.82. The molecule has 0 radical (unpaired) electrons. The zero-order valence-electron chi connectivity index (χ0n) is 13.6. The van der Waals surface area contributed by atoms with Gasteiger partial charge in [-0.25, -0.2) is 8.42 Å². The lowest BCUT2D eigenvalue weighted by Gasteiger charge is -2.32. The Kier molecular flexibility index (Phi) is 3.80. The maximum absolute atomic E-state index is 12.9. The highest BCUT2D eigenvalue weighted by Crippen LogP contribution is 2.27. The number of nitrogens with zero attached hydrogens (tertiary/aromatic N) is 4. The second-order valence-electron chi connectivity index (χ2n) is 6.28. The third-order valence-corrected chi connectivity index (χ3v) is 6.63. The molecule has 0 amide bonds. The average Bonchev–Trinajstić information content (AvgIpc) is 3.23.